The lowest BCUT2D eigenvalue weighted by Crippen LogP contribution is -2.09. The van der Waals surface area contributed by atoms with E-state index in [2.05, 4.69) is 21.2 Å². The van der Waals surface area contributed by atoms with E-state index in [9.17, 15) is 9.18 Å². The number of carbonyl (C=O) groups excluding carboxylic acids is 1. The first-order valence-corrected chi connectivity index (χ1v) is 7.59. The van der Waals surface area contributed by atoms with E-state index in [0.717, 1.165) is 21.3 Å². The highest BCUT2D eigenvalue weighted by Crippen LogP contribution is 2.25. The molecule has 1 N–H and O–H groups in total. The second kappa shape index (κ2) is 6.92. The third kappa shape index (κ3) is 3.47. The molecule has 0 fully saturated rings. The molecule has 0 bridgehead atoms. The SMILES string of the molecule is COC(=O)c1ccc(C)c(NCc2cc(Br)ccc2F)c1C. The molecule has 0 saturated heterocycles. The van der Waals surface area contributed by atoms with E-state index in [1.165, 1.54) is 13.2 Å². The van der Waals surface area contributed by atoms with E-state index in [4.69, 9.17) is 4.74 Å². The number of benzene rings is 2. The van der Waals surface area contributed by atoms with Crippen LogP contribution in [0.25, 0.3) is 0 Å². The number of nitrogens with one attached hydrogen (secondary N) is 1. The molecule has 0 aliphatic rings. The fourth-order valence-corrected chi connectivity index (χ4v) is 2.72. The van der Waals surface area contributed by atoms with Crippen LogP contribution in [0.4, 0.5) is 10.1 Å². The molecule has 0 spiro atoms. The highest BCUT2D eigenvalue weighted by atomic mass is 79.9. The van der Waals surface area contributed by atoms with Gasteiger partial charge in [-0.15, -0.1) is 0 Å². The summed E-state index contributed by atoms with van der Waals surface area (Å²) in [4.78, 5) is 11.8. The molecule has 22 heavy (non-hydrogen) atoms. The quantitative estimate of drug-likeness (QED) is 0.804. The normalized spacial score (nSPS) is 10.4. The predicted octanol–water partition coefficient (Wildman–Crippen LogP) is 4.60. The van der Waals surface area contributed by atoms with Crippen molar-refractivity contribution in [2.75, 3.05) is 12.4 Å². The highest BCUT2D eigenvalue weighted by Gasteiger charge is 2.14. The molecular formula is C17H17BrFNO2. The van der Waals surface area contributed by atoms with Gasteiger partial charge in [0.25, 0.3) is 0 Å². The first kappa shape index (κ1) is 16.5. The Bertz CT molecular complexity index is 716. The zero-order chi connectivity index (χ0) is 16.3. The lowest BCUT2D eigenvalue weighted by Gasteiger charge is -2.16. The van der Waals surface area contributed by atoms with Gasteiger partial charge in [-0.1, -0.05) is 22.0 Å². The molecule has 3 nitrogen and oxygen atoms in total. The van der Waals surface area contributed by atoms with Crippen molar-refractivity contribution in [2.45, 2.75) is 20.4 Å². The monoisotopic (exact) mass is 365 g/mol. The van der Waals surface area contributed by atoms with Crippen molar-refractivity contribution < 1.29 is 13.9 Å². The van der Waals surface area contributed by atoms with E-state index < -0.39 is 0 Å². The number of rotatable bonds is 4. The summed E-state index contributed by atoms with van der Waals surface area (Å²) >= 11 is 3.34. The molecule has 2 aromatic rings. The zero-order valence-electron chi connectivity index (χ0n) is 12.7. The molecule has 0 aromatic heterocycles. The minimum absolute atomic E-state index is 0.268. The Morgan fingerprint density at radius 2 is 2.00 bits per heavy atom. The Kier molecular flexibility index (Phi) is 5.19. The minimum Gasteiger partial charge on any atom is -0.465 e. The van der Waals surface area contributed by atoms with Gasteiger partial charge >= 0.3 is 5.97 Å². The van der Waals surface area contributed by atoms with Gasteiger partial charge in [-0.05, 0) is 49.2 Å². The fourth-order valence-electron chi connectivity index (χ4n) is 2.31. The number of aryl methyl sites for hydroxylation is 1. The van der Waals surface area contributed by atoms with Gasteiger partial charge in [0, 0.05) is 22.3 Å². The van der Waals surface area contributed by atoms with Crippen molar-refractivity contribution in [1.82, 2.24) is 0 Å². The standard InChI is InChI=1S/C17H17BrFNO2/c1-10-4-6-14(17(21)22-3)11(2)16(10)20-9-12-8-13(18)5-7-15(12)19/h4-8,20H,9H2,1-3H3. The van der Waals surface area contributed by atoms with E-state index >= 15 is 0 Å². The smallest absolute Gasteiger partial charge is 0.338 e. The van der Waals surface area contributed by atoms with Gasteiger partial charge in [0.1, 0.15) is 5.82 Å². The topological polar surface area (TPSA) is 38.3 Å². The molecule has 0 amide bonds. The summed E-state index contributed by atoms with van der Waals surface area (Å²) in [5.74, 6) is -0.649. The summed E-state index contributed by atoms with van der Waals surface area (Å²) < 4.78 is 19.4. The van der Waals surface area contributed by atoms with Gasteiger partial charge in [0.2, 0.25) is 0 Å². The number of anilines is 1. The Balaban J connectivity index is 2.29. The minimum atomic E-state index is -0.380. The molecule has 2 aromatic carbocycles. The fraction of sp³-hybridized carbons (Fsp3) is 0.235. The van der Waals surface area contributed by atoms with E-state index in [1.807, 2.05) is 19.9 Å². The second-order valence-electron chi connectivity index (χ2n) is 5.01. The lowest BCUT2D eigenvalue weighted by atomic mass is 10.0. The van der Waals surface area contributed by atoms with Gasteiger partial charge in [0.05, 0.1) is 12.7 Å². The molecule has 0 heterocycles. The summed E-state index contributed by atoms with van der Waals surface area (Å²) in [6.07, 6.45) is 0. The van der Waals surface area contributed by atoms with Gasteiger partial charge in [-0.2, -0.15) is 0 Å². The summed E-state index contributed by atoms with van der Waals surface area (Å²) in [6.45, 7) is 4.12. The first-order valence-electron chi connectivity index (χ1n) is 6.80. The Hall–Kier alpha value is -1.88. The molecule has 0 saturated carbocycles. The summed E-state index contributed by atoms with van der Waals surface area (Å²) in [7, 11) is 1.35. The molecule has 0 radical (unpaired) electrons. The molecule has 0 aliphatic heterocycles. The maximum atomic E-state index is 13.8. The number of hydrogen-bond donors (Lipinski definition) is 1. The van der Waals surface area contributed by atoms with Crippen molar-refractivity contribution in [3.8, 4) is 0 Å². The van der Waals surface area contributed by atoms with Crippen molar-refractivity contribution in [3.63, 3.8) is 0 Å². The maximum absolute atomic E-state index is 13.8. The Morgan fingerprint density at radius 1 is 1.27 bits per heavy atom. The molecule has 5 heteroatoms. The van der Waals surface area contributed by atoms with Crippen LogP contribution in [-0.4, -0.2) is 13.1 Å². The van der Waals surface area contributed by atoms with Crippen molar-refractivity contribution >= 4 is 27.6 Å². The number of halogens is 2. The predicted molar refractivity (Wildman–Crippen MR) is 88.7 cm³/mol. The van der Waals surface area contributed by atoms with Crippen LogP contribution in [-0.2, 0) is 11.3 Å². The number of esters is 1. The molecule has 116 valence electrons. The van der Waals surface area contributed by atoms with Crippen LogP contribution in [0.15, 0.2) is 34.8 Å². The van der Waals surface area contributed by atoms with Crippen LogP contribution in [0.2, 0.25) is 0 Å². The maximum Gasteiger partial charge on any atom is 0.338 e. The van der Waals surface area contributed by atoms with Gasteiger partial charge in [-0.3, -0.25) is 0 Å². The van der Waals surface area contributed by atoms with Gasteiger partial charge in [-0.25, -0.2) is 9.18 Å². The molecule has 0 aliphatic carbocycles. The molecular weight excluding hydrogens is 349 g/mol. The number of ether oxygens (including phenoxy) is 1. The van der Waals surface area contributed by atoms with Crippen molar-refractivity contribution in [2.24, 2.45) is 0 Å². The lowest BCUT2D eigenvalue weighted by molar-refractivity contribution is 0.0600. The molecule has 0 unspecified atom stereocenters. The van der Waals surface area contributed by atoms with Crippen molar-refractivity contribution in [1.29, 1.82) is 0 Å². The second-order valence-corrected chi connectivity index (χ2v) is 5.93. The van der Waals surface area contributed by atoms with Crippen LogP contribution in [0.5, 0.6) is 0 Å². The van der Waals surface area contributed by atoms with E-state index in [0.29, 0.717) is 17.7 Å². The Labute approximate surface area is 137 Å². The van der Waals surface area contributed by atoms with Crippen LogP contribution in [0, 0.1) is 19.7 Å². The summed E-state index contributed by atoms with van der Waals surface area (Å²) in [6, 6.07) is 8.40. The Morgan fingerprint density at radius 3 is 2.68 bits per heavy atom. The highest BCUT2D eigenvalue weighted by molar-refractivity contribution is 9.10. The van der Waals surface area contributed by atoms with Crippen LogP contribution in [0.3, 0.4) is 0 Å². The molecule has 0 atom stereocenters. The number of methoxy groups -OCH3 is 1. The van der Waals surface area contributed by atoms with Crippen LogP contribution >= 0.6 is 15.9 Å². The van der Waals surface area contributed by atoms with Gasteiger partial charge < -0.3 is 10.1 Å². The summed E-state index contributed by atoms with van der Waals surface area (Å²) in [5, 5.41) is 3.22. The van der Waals surface area contributed by atoms with Crippen LogP contribution < -0.4 is 5.32 Å². The van der Waals surface area contributed by atoms with Gasteiger partial charge in [0.15, 0.2) is 0 Å². The molecule has 2 rings (SSSR count). The third-order valence-corrected chi connectivity index (χ3v) is 4.04. The average molecular weight is 366 g/mol. The van der Waals surface area contributed by atoms with Crippen LogP contribution in [0.1, 0.15) is 27.0 Å². The van der Waals surface area contributed by atoms with Crippen molar-refractivity contribution in [3.05, 3.63) is 62.9 Å². The number of hydrogen-bond acceptors (Lipinski definition) is 3. The first-order chi connectivity index (χ1) is 10.4. The number of carbonyl (C=O) groups is 1. The third-order valence-electron chi connectivity index (χ3n) is 3.54. The average Bonchev–Trinajstić information content (AvgIpc) is 2.49. The van der Waals surface area contributed by atoms with E-state index in [-0.39, 0.29) is 11.8 Å². The summed E-state index contributed by atoms with van der Waals surface area (Å²) in [5.41, 5.74) is 3.66. The zero-order valence-corrected chi connectivity index (χ0v) is 14.3. The largest absolute Gasteiger partial charge is 0.465 e. The van der Waals surface area contributed by atoms with E-state index in [1.54, 1.807) is 18.2 Å².